The van der Waals surface area contributed by atoms with Crippen LogP contribution in [0.4, 0.5) is 16.0 Å². The molecule has 38 heavy (non-hydrogen) atoms. The van der Waals surface area contributed by atoms with Gasteiger partial charge in [0.15, 0.2) is 11.5 Å². The third kappa shape index (κ3) is 6.61. The number of carbonyl (C=O) groups is 1. The first-order valence-corrected chi connectivity index (χ1v) is 13.0. The summed E-state index contributed by atoms with van der Waals surface area (Å²) in [5.41, 5.74) is 0.678. The zero-order chi connectivity index (χ0) is 26.7. The Morgan fingerprint density at radius 3 is 2.84 bits per heavy atom. The molecule has 3 aromatic rings. The normalized spacial score (nSPS) is 19.4. The molecule has 1 atom stereocenters. The molecule has 0 unspecified atom stereocenters. The molecule has 2 fully saturated rings. The van der Waals surface area contributed by atoms with Crippen LogP contribution in [0.15, 0.2) is 36.5 Å². The number of morpholine rings is 1. The van der Waals surface area contributed by atoms with E-state index in [4.69, 9.17) is 30.5 Å². The summed E-state index contributed by atoms with van der Waals surface area (Å²) < 4.78 is 36.9. The molecule has 2 aromatic carbocycles. The second kappa shape index (κ2) is 11.3. The highest BCUT2D eigenvalue weighted by molar-refractivity contribution is 6.31. The highest BCUT2D eigenvalue weighted by Crippen LogP contribution is 2.33. The van der Waals surface area contributed by atoms with Crippen LogP contribution in [0.25, 0.3) is 10.9 Å². The highest BCUT2D eigenvalue weighted by Gasteiger charge is 2.32. The lowest BCUT2D eigenvalue weighted by molar-refractivity contribution is -0.169. The molecular weight excluding hydrogens is 515 g/mol. The number of esters is 1. The fraction of sp³-hybridized carbons (Fsp3) is 0.444. The Labute approximate surface area is 225 Å². The number of benzene rings is 2. The fourth-order valence-corrected chi connectivity index (χ4v) is 4.76. The van der Waals surface area contributed by atoms with E-state index < -0.39 is 11.4 Å². The summed E-state index contributed by atoms with van der Waals surface area (Å²) in [6, 6.07) is 7.96. The number of fused-ring (bicyclic) bond motifs is 1. The lowest BCUT2D eigenvalue weighted by Crippen LogP contribution is -2.51. The highest BCUT2D eigenvalue weighted by atomic mass is 35.5. The van der Waals surface area contributed by atoms with Gasteiger partial charge >= 0.3 is 5.97 Å². The number of ether oxygens (including phenoxy) is 4. The molecule has 9 nitrogen and oxygen atoms in total. The number of rotatable bonds is 9. The second-order valence-corrected chi connectivity index (χ2v) is 10.5. The van der Waals surface area contributed by atoms with Crippen LogP contribution in [0.1, 0.15) is 26.7 Å². The Hall–Kier alpha value is -3.21. The van der Waals surface area contributed by atoms with Gasteiger partial charge in [-0.3, -0.25) is 9.69 Å². The first-order chi connectivity index (χ1) is 18.2. The van der Waals surface area contributed by atoms with E-state index in [-0.39, 0.29) is 23.6 Å². The van der Waals surface area contributed by atoms with Gasteiger partial charge in [-0.15, -0.1) is 0 Å². The quantitative estimate of drug-likeness (QED) is 0.383. The van der Waals surface area contributed by atoms with Gasteiger partial charge in [-0.25, -0.2) is 14.4 Å². The molecule has 3 heterocycles. The minimum Gasteiger partial charge on any atom is -0.488 e. The van der Waals surface area contributed by atoms with Gasteiger partial charge < -0.3 is 24.3 Å². The molecule has 11 heteroatoms. The largest absolute Gasteiger partial charge is 0.488 e. The van der Waals surface area contributed by atoms with E-state index >= 15 is 0 Å². The number of cyclic esters (lactones) is 1. The zero-order valence-electron chi connectivity index (χ0n) is 21.3. The average molecular weight is 545 g/mol. The first-order valence-electron chi connectivity index (χ1n) is 12.6. The molecule has 202 valence electrons. The van der Waals surface area contributed by atoms with Crippen LogP contribution in [-0.4, -0.2) is 72.0 Å². The van der Waals surface area contributed by atoms with Crippen molar-refractivity contribution in [2.45, 2.75) is 38.4 Å². The van der Waals surface area contributed by atoms with E-state index in [1.165, 1.54) is 12.1 Å². The van der Waals surface area contributed by atoms with Crippen molar-refractivity contribution in [2.24, 2.45) is 0 Å². The van der Waals surface area contributed by atoms with Crippen LogP contribution in [0.3, 0.4) is 0 Å². The van der Waals surface area contributed by atoms with Gasteiger partial charge in [0.1, 0.15) is 24.6 Å². The molecule has 2 saturated heterocycles. The summed E-state index contributed by atoms with van der Waals surface area (Å²) in [5, 5.41) is 3.81. The van der Waals surface area contributed by atoms with Gasteiger partial charge in [0.25, 0.3) is 0 Å². The van der Waals surface area contributed by atoms with Gasteiger partial charge in [0.05, 0.1) is 23.2 Å². The lowest BCUT2D eigenvalue weighted by atomic mass is 10.1. The van der Waals surface area contributed by atoms with E-state index in [2.05, 4.69) is 15.3 Å². The standard InChI is InChI=1S/C27H30ClFN4O5/c1-27(2)16-33(14-25(34)38-27)7-9-36-23-10-17-13-30-26(31-18-5-6-21(29)20(28)11-18)32-22(17)12-24(23)37-15-19-4-3-8-35-19/h5-6,10-13,19H,3-4,7-9,14-16H2,1-2H3,(H,30,31,32)/t19-/m1/s1. The van der Waals surface area contributed by atoms with Crippen LogP contribution in [0.2, 0.25) is 5.02 Å². The molecule has 0 bridgehead atoms. The number of nitrogens with one attached hydrogen (secondary N) is 1. The summed E-state index contributed by atoms with van der Waals surface area (Å²) in [7, 11) is 0. The summed E-state index contributed by atoms with van der Waals surface area (Å²) in [6.45, 7) is 6.70. The molecule has 5 rings (SSSR count). The number of anilines is 2. The Bertz CT molecular complexity index is 1320. The van der Waals surface area contributed by atoms with Crippen molar-refractivity contribution >= 4 is 40.1 Å². The topological polar surface area (TPSA) is 95.0 Å². The molecule has 1 N–H and O–H groups in total. The van der Waals surface area contributed by atoms with Crippen molar-refractivity contribution < 1.29 is 28.1 Å². The maximum atomic E-state index is 13.5. The maximum Gasteiger partial charge on any atom is 0.320 e. The number of aromatic nitrogens is 2. The number of nitrogens with zero attached hydrogens (tertiary/aromatic N) is 3. The van der Waals surface area contributed by atoms with E-state index in [9.17, 15) is 9.18 Å². The summed E-state index contributed by atoms with van der Waals surface area (Å²) in [6.07, 6.45) is 3.67. The van der Waals surface area contributed by atoms with Gasteiger partial charge in [0.2, 0.25) is 5.95 Å². The lowest BCUT2D eigenvalue weighted by Gasteiger charge is -2.37. The van der Waals surface area contributed by atoms with Gasteiger partial charge in [-0.05, 0) is 51.0 Å². The van der Waals surface area contributed by atoms with Crippen LogP contribution in [-0.2, 0) is 14.3 Å². The molecule has 0 amide bonds. The summed E-state index contributed by atoms with van der Waals surface area (Å²) >= 11 is 5.89. The van der Waals surface area contributed by atoms with E-state index in [0.717, 1.165) is 24.8 Å². The Morgan fingerprint density at radius 1 is 1.24 bits per heavy atom. The van der Waals surface area contributed by atoms with Crippen molar-refractivity contribution in [3.63, 3.8) is 0 Å². The monoisotopic (exact) mass is 544 g/mol. The Kier molecular flexibility index (Phi) is 7.83. The van der Waals surface area contributed by atoms with Crippen molar-refractivity contribution in [1.29, 1.82) is 0 Å². The predicted molar refractivity (Wildman–Crippen MR) is 141 cm³/mol. The number of halogens is 2. The molecule has 0 saturated carbocycles. The van der Waals surface area contributed by atoms with Crippen LogP contribution in [0, 0.1) is 5.82 Å². The van der Waals surface area contributed by atoms with Crippen LogP contribution < -0.4 is 14.8 Å². The fourth-order valence-electron chi connectivity index (χ4n) is 4.58. The van der Waals surface area contributed by atoms with Gasteiger partial charge in [-0.2, -0.15) is 0 Å². The average Bonchev–Trinajstić information content (AvgIpc) is 3.37. The van der Waals surface area contributed by atoms with Gasteiger partial charge in [0, 0.05) is 43.0 Å². The smallest absolute Gasteiger partial charge is 0.320 e. The molecular formula is C27H30ClFN4O5. The maximum absolute atomic E-state index is 13.5. The van der Waals surface area contributed by atoms with E-state index in [1.54, 1.807) is 12.3 Å². The van der Waals surface area contributed by atoms with Crippen LogP contribution >= 0.6 is 11.6 Å². The third-order valence-electron chi connectivity index (χ3n) is 6.28. The molecule has 0 spiro atoms. The summed E-state index contributed by atoms with van der Waals surface area (Å²) in [4.78, 5) is 22.9. The zero-order valence-corrected chi connectivity index (χ0v) is 22.1. The molecule has 0 aliphatic carbocycles. The minimum absolute atomic E-state index is 0.00686. The number of carbonyl (C=O) groups excluding carboxylic acids is 1. The minimum atomic E-state index is -0.532. The third-order valence-corrected chi connectivity index (χ3v) is 6.57. The summed E-state index contributed by atoms with van der Waals surface area (Å²) in [5.74, 6) is 0.696. The first kappa shape index (κ1) is 26.4. The molecule has 2 aliphatic rings. The molecule has 0 radical (unpaired) electrons. The Balaban J connectivity index is 1.33. The van der Waals surface area contributed by atoms with Gasteiger partial charge in [-0.1, -0.05) is 11.6 Å². The molecule has 1 aromatic heterocycles. The van der Waals surface area contributed by atoms with E-state index in [1.807, 2.05) is 30.9 Å². The predicted octanol–water partition coefficient (Wildman–Crippen LogP) is 4.74. The second-order valence-electron chi connectivity index (χ2n) is 10.0. The van der Waals surface area contributed by atoms with Crippen molar-refractivity contribution in [1.82, 2.24) is 14.9 Å². The SMILES string of the molecule is CC1(C)CN(CCOc2cc3cnc(Nc4ccc(F)c(Cl)c4)nc3cc2OC[C@H]2CCCO2)CC(=O)O1. The number of hydrogen-bond acceptors (Lipinski definition) is 9. The van der Waals surface area contributed by atoms with Crippen molar-refractivity contribution in [3.05, 3.63) is 47.4 Å². The van der Waals surface area contributed by atoms with Crippen LogP contribution in [0.5, 0.6) is 11.5 Å². The van der Waals surface area contributed by atoms with Crippen molar-refractivity contribution in [3.8, 4) is 11.5 Å². The molecule has 2 aliphatic heterocycles. The number of hydrogen-bond donors (Lipinski definition) is 1. The van der Waals surface area contributed by atoms with E-state index in [0.29, 0.717) is 55.0 Å². The van der Waals surface area contributed by atoms with Crippen molar-refractivity contribution in [2.75, 3.05) is 44.8 Å². The Morgan fingerprint density at radius 2 is 2.08 bits per heavy atom.